The smallest absolute Gasteiger partial charge is 0.127 e. The number of pyridine rings is 1. The first kappa shape index (κ1) is 13.4. The highest BCUT2D eigenvalue weighted by Crippen LogP contribution is 2.16. The molecule has 0 spiro atoms. The average molecular weight is 259 g/mol. The molecule has 102 valence electrons. The molecule has 0 radical (unpaired) electrons. The zero-order chi connectivity index (χ0) is 13.8. The van der Waals surface area contributed by atoms with Crippen LogP contribution < -0.4 is 10.6 Å². The van der Waals surface area contributed by atoms with Crippen molar-refractivity contribution in [2.24, 2.45) is 7.05 Å². The summed E-state index contributed by atoms with van der Waals surface area (Å²) in [6.45, 7) is 7.84. The highest BCUT2D eigenvalue weighted by Gasteiger charge is 2.08. The molecule has 0 aliphatic carbocycles. The molecule has 0 saturated carbocycles. The molecular weight excluding hydrogens is 238 g/mol. The van der Waals surface area contributed by atoms with Crippen molar-refractivity contribution in [1.82, 2.24) is 14.8 Å². The molecule has 0 saturated heterocycles. The third kappa shape index (κ3) is 3.05. The van der Waals surface area contributed by atoms with Crippen LogP contribution in [0.2, 0.25) is 0 Å². The van der Waals surface area contributed by atoms with E-state index in [-0.39, 0.29) is 0 Å². The van der Waals surface area contributed by atoms with Crippen LogP contribution >= 0.6 is 0 Å². The lowest BCUT2D eigenvalue weighted by Gasteiger charge is -2.09. The van der Waals surface area contributed by atoms with E-state index in [2.05, 4.69) is 34.6 Å². The average Bonchev–Trinajstić information content (AvgIpc) is 2.62. The quantitative estimate of drug-likeness (QED) is 0.866. The van der Waals surface area contributed by atoms with Gasteiger partial charge >= 0.3 is 0 Å². The van der Waals surface area contributed by atoms with Gasteiger partial charge in [-0.05, 0) is 26.8 Å². The van der Waals surface area contributed by atoms with Crippen LogP contribution in [0.25, 0.3) is 0 Å². The third-order valence-electron chi connectivity index (χ3n) is 3.25. The van der Waals surface area contributed by atoms with E-state index in [0.717, 1.165) is 30.3 Å². The van der Waals surface area contributed by atoms with Crippen molar-refractivity contribution in [3.63, 3.8) is 0 Å². The fourth-order valence-corrected chi connectivity index (χ4v) is 2.08. The Labute approximate surface area is 114 Å². The predicted octanol–water partition coefficient (Wildman–Crippen LogP) is 2.48. The molecule has 2 aromatic heterocycles. The van der Waals surface area contributed by atoms with Crippen LogP contribution in [0.3, 0.4) is 0 Å². The van der Waals surface area contributed by atoms with Gasteiger partial charge in [0.05, 0.1) is 5.69 Å². The van der Waals surface area contributed by atoms with Crippen molar-refractivity contribution in [3.05, 3.63) is 35.3 Å². The predicted molar refractivity (Wildman–Crippen MR) is 78.4 cm³/mol. The Hall–Kier alpha value is -2.04. The molecule has 0 fully saturated rings. The van der Waals surface area contributed by atoms with Crippen LogP contribution in [-0.4, -0.2) is 21.3 Å². The van der Waals surface area contributed by atoms with E-state index >= 15 is 0 Å². The first-order valence-corrected chi connectivity index (χ1v) is 6.54. The second-order valence-corrected chi connectivity index (χ2v) is 4.59. The van der Waals surface area contributed by atoms with Gasteiger partial charge in [0.15, 0.2) is 0 Å². The van der Waals surface area contributed by atoms with E-state index in [0.29, 0.717) is 0 Å². The van der Waals surface area contributed by atoms with E-state index in [1.807, 2.05) is 37.0 Å². The van der Waals surface area contributed by atoms with E-state index < -0.39 is 0 Å². The Kier molecular flexibility index (Phi) is 4.04. The molecule has 2 heterocycles. The van der Waals surface area contributed by atoms with Crippen LogP contribution in [0.15, 0.2) is 18.3 Å². The van der Waals surface area contributed by atoms with Crippen LogP contribution in [0.4, 0.5) is 11.5 Å². The van der Waals surface area contributed by atoms with E-state index in [4.69, 9.17) is 0 Å². The maximum Gasteiger partial charge on any atom is 0.127 e. The zero-order valence-electron chi connectivity index (χ0n) is 12.0. The van der Waals surface area contributed by atoms with Crippen molar-refractivity contribution in [2.45, 2.75) is 27.3 Å². The van der Waals surface area contributed by atoms with Crippen molar-refractivity contribution in [3.8, 4) is 0 Å². The largest absolute Gasteiger partial charge is 0.381 e. The summed E-state index contributed by atoms with van der Waals surface area (Å²) in [7, 11) is 1.97. The van der Waals surface area contributed by atoms with Crippen molar-refractivity contribution < 1.29 is 0 Å². The fraction of sp³-hybridized carbons (Fsp3) is 0.429. The number of nitrogens with zero attached hydrogens (tertiary/aromatic N) is 3. The first-order valence-electron chi connectivity index (χ1n) is 6.54. The molecule has 0 atom stereocenters. The van der Waals surface area contributed by atoms with Gasteiger partial charge in [-0.2, -0.15) is 5.10 Å². The summed E-state index contributed by atoms with van der Waals surface area (Å²) in [5.41, 5.74) is 4.59. The Morgan fingerprint density at radius 1 is 1.26 bits per heavy atom. The van der Waals surface area contributed by atoms with E-state index in [9.17, 15) is 0 Å². The lowest BCUT2D eigenvalue weighted by Crippen LogP contribution is -2.04. The summed E-state index contributed by atoms with van der Waals surface area (Å²) >= 11 is 0. The number of aromatic nitrogens is 3. The molecule has 2 aromatic rings. The Morgan fingerprint density at radius 2 is 2.05 bits per heavy atom. The molecular formula is C14H21N5. The summed E-state index contributed by atoms with van der Waals surface area (Å²) in [5.74, 6) is 0.895. The summed E-state index contributed by atoms with van der Waals surface area (Å²) in [6.07, 6.45) is 1.81. The minimum absolute atomic E-state index is 0.779. The molecule has 0 unspecified atom stereocenters. The molecule has 0 amide bonds. The van der Waals surface area contributed by atoms with Crippen LogP contribution in [-0.2, 0) is 13.6 Å². The van der Waals surface area contributed by atoms with Gasteiger partial charge in [0.2, 0.25) is 0 Å². The molecule has 0 bridgehead atoms. The van der Waals surface area contributed by atoms with Crippen molar-refractivity contribution in [1.29, 1.82) is 0 Å². The monoisotopic (exact) mass is 259 g/mol. The van der Waals surface area contributed by atoms with Gasteiger partial charge in [-0.25, -0.2) is 4.98 Å². The Morgan fingerprint density at radius 3 is 2.68 bits per heavy atom. The molecule has 19 heavy (non-hydrogen) atoms. The second kappa shape index (κ2) is 5.73. The number of nitrogens with one attached hydrogen (secondary N) is 2. The van der Waals surface area contributed by atoms with Gasteiger partial charge in [-0.15, -0.1) is 0 Å². The molecule has 5 heteroatoms. The minimum Gasteiger partial charge on any atom is -0.381 e. The molecule has 0 aliphatic heterocycles. The maximum absolute atomic E-state index is 4.42. The van der Waals surface area contributed by atoms with Crippen molar-refractivity contribution in [2.75, 3.05) is 17.2 Å². The van der Waals surface area contributed by atoms with Gasteiger partial charge < -0.3 is 10.6 Å². The number of hydrogen-bond donors (Lipinski definition) is 2. The maximum atomic E-state index is 4.42. The van der Waals surface area contributed by atoms with Crippen LogP contribution in [0.5, 0.6) is 0 Å². The lowest BCUT2D eigenvalue weighted by atomic mass is 10.2. The molecule has 0 aromatic carbocycles. The summed E-state index contributed by atoms with van der Waals surface area (Å²) in [5, 5.41) is 11.0. The first-order chi connectivity index (χ1) is 9.11. The summed E-state index contributed by atoms with van der Waals surface area (Å²) < 4.78 is 1.92. The number of hydrogen-bond acceptors (Lipinski definition) is 4. The zero-order valence-corrected chi connectivity index (χ0v) is 12.0. The van der Waals surface area contributed by atoms with E-state index in [1.54, 1.807) is 0 Å². The van der Waals surface area contributed by atoms with Gasteiger partial charge in [0, 0.05) is 49.3 Å². The second-order valence-electron chi connectivity index (χ2n) is 4.59. The normalized spacial score (nSPS) is 10.5. The van der Waals surface area contributed by atoms with Gasteiger partial charge in [0.25, 0.3) is 0 Å². The van der Waals surface area contributed by atoms with E-state index in [1.165, 1.54) is 11.3 Å². The number of anilines is 2. The van der Waals surface area contributed by atoms with Crippen molar-refractivity contribution >= 4 is 11.5 Å². The highest BCUT2D eigenvalue weighted by atomic mass is 15.3. The lowest BCUT2D eigenvalue weighted by molar-refractivity contribution is 0.730. The molecule has 2 N–H and O–H groups in total. The summed E-state index contributed by atoms with van der Waals surface area (Å²) in [6, 6.07) is 3.99. The minimum atomic E-state index is 0.779. The Bertz CT molecular complexity index is 559. The van der Waals surface area contributed by atoms with Gasteiger partial charge in [0.1, 0.15) is 5.82 Å². The SMILES string of the molecule is CCNc1cc(NCc2c(C)nn(C)c2C)ccn1. The van der Waals surface area contributed by atoms with Crippen LogP contribution in [0, 0.1) is 13.8 Å². The molecule has 5 nitrogen and oxygen atoms in total. The third-order valence-corrected chi connectivity index (χ3v) is 3.25. The van der Waals surface area contributed by atoms with Gasteiger partial charge in [-0.1, -0.05) is 0 Å². The molecule has 0 aliphatic rings. The summed E-state index contributed by atoms with van der Waals surface area (Å²) in [4.78, 5) is 4.26. The topological polar surface area (TPSA) is 54.8 Å². The number of rotatable bonds is 5. The fourth-order valence-electron chi connectivity index (χ4n) is 2.08. The van der Waals surface area contributed by atoms with Gasteiger partial charge in [-0.3, -0.25) is 4.68 Å². The standard InChI is InChI=1S/C14H21N5/c1-5-15-14-8-12(6-7-16-14)17-9-13-10(2)18-19(4)11(13)3/h6-8H,5,9H2,1-4H3,(H2,15,16,17). The van der Waals surface area contributed by atoms with Crippen LogP contribution in [0.1, 0.15) is 23.9 Å². The highest BCUT2D eigenvalue weighted by molar-refractivity contribution is 5.52. The Balaban J connectivity index is 2.08. The number of aryl methyl sites for hydroxylation is 2. The molecule has 2 rings (SSSR count).